The molecule has 98 valence electrons. The quantitative estimate of drug-likeness (QED) is 0.830. The first kappa shape index (κ1) is 13.9. The number of carboxylic acids is 1. The highest BCUT2D eigenvalue weighted by Gasteiger charge is 2.18. The van der Waals surface area contributed by atoms with Crippen LogP contribution in [-0.2, 0) is 4.79 Å². The predicted octanol–water partition coefficient (Wildman–Crippen LogP) is 1.16. The molecular formula is C11H11F2NO4. The summed E-state index contributed by atoms with van der Waals surface area (Å²) in [5.74, 6) is -5.87. The molecule has 1 aromatic carbocycles. The van der Waals surface area contributed by atoms with Crippen molar-refractivity contribution in [3.05, 3.63) is 29.3 Å². The third-order valence-electron chi connectivity index (χ3n) is 2.21. The Morgan fingerprint density at radius 1 is 1.39 bits per heavy atom. The third kappa shape index (κ3) is 3.16. The maximum Gasteiger partial charge on any atom is 0.335 e. The van der Waals surface area contributed by atoms with Gasteiger partial charge in [-0.1, -0.05) is 6.92 Å². The number of benzene rings is 1. The second-order valence-electron chi connectivity index (χ2n) is 3.69. The largest absolute Gasteiger partial charge is 0.487 e. The number of carbonyl (C=O) groups excluding carboxylic acids is 1. The molecular weight excluding hydrogens is 248 g/mol. The van der Waals surface area contributed by atoms with Gasteiger partial charge < -0.3 is 15.6 Å². The summed E-state index contributed by atoms with van der Waals surface area (Å²) >= 11 is 0. The lowest BCUT2D eigenvalue weighted by Gasteiger charge is -2.11. The predicted molar refractivity (Wildman–Crippen MR) is 57.2 cm³/mol. The molecule has 1 amide bonds. The molecule has 3 N–H and O–H groups in total. The van der Waals surface area contributed by atoms with Crippen LogP contribution in [0, 0.1) is 17.6 Å². The lowest BCUT2D eigenvalue weighted by Crippen LogP contribution is -2.26. The Morgan fingerprint density at radius 3 is 2.28 bits per heavy atom. The maximum atomic E-state index is 13.4. The van der Waals surface area contributed by atoms with Crippen molar-refractivity contribution in [1.82, 2.24) is 0 Å². The van der Waals surface area contributed by atoms with E-state index >= 15 is 0 Å². The van der Waals surface area contributed by atoms with Crippen LogP contribution < -0.4 is 10.5 Å². The van der Waals surface area contributed by atoms with E-state index in [1.807, 2.05) is 0 Å². The molecule has 1 aromatic rings. The summed E-state index contributed by atoms with van der Waals surface area (Å²) in [6, 6.07) is 1.27. The molecule has 0 saturated heterocycles. The van der Waals surface area contributed by atoms with E-state index in [-0.39, 0.29) is 6.61 Å². The van der Waals surface area contributed by atoms with E-state index in [1.54, 1.807) is 0 Å². The Labute approximate surface area is 101 Å². The maximum absolute atomic E-state index is 13.4. The zero-order chi connectivity index (χ0) is 13.9. The van der Waals surface area contributed by atoms with Crippen LogP contribution in [0.4, 0.5) is 8.78 Å². The van der Waals surface area contributed by atoms with Crippen molar-refractivity contribution >= 4 is 11.9 Å². The summed E-state index contributed by atoms with van der Waals surface area (Å²) in [4.78, 5) is 21.2. The van der Waals surface area contributed by atoms with Gasteiger partial charge in [0.1, 0.15) is 0 Å². The zero-order valence-corrected chi connectivity index (χ0v) is 9.44. The lowest BCUT2D eigenvalue weighted by molar-refractivity contribution is -0.122. The molecule has 1 rings (SSSR count). The van der Waals surface area contributed by atoms with Gasteiger partial charge in [-0.05, 0) is 12.1 Å². The molecule has 7 heteroatoms. The van der Waals surface area contributed by atoms with E-state index in [4.69, 9.17) is 15.6 Å². The number of carboxylic acid groups (broad SMARTS) is 1. The summed E-state index contributed by atoms with van der Waals surface area (Å²) in [6.45, 7) is 1.14. The highest BCUT2D eigenvalue weighted by atomic mass is 19.1. The molecule has 0 fully saturated rings. The van der Waals surface area contributed by atoms with Crippen molar-refractivity contribution in [1.29, 1.82) is 0 Å². The number of nitrogens with two attached hydrogens (primary N) is 1. The van der Waals surface area contributed by atoms with Gasteiger partial charge >= 0.3 is 5.97 Å². The smallest absolute Gasteiger partial charge is 0.335 e. The van der Waals surface area contributed by atoms with Crippen molar-refractivity contribution in [2.24, 2.45) is 11.7 Å². The molecule has 18 heavy (non-hydrogen) atoms. The van der Waals surface area contributed by atoms with Gasteiger partial charge in [-0.25, -0.2) is 13.6 Å². The van der Waals surface area contributed by atoms with Crippen molar-refractivity contribution in [2.45, 2.75) is 6.92 Å². The average molecular weight is 259 g/mol. The van der Waals surface area contributed by atoms with Crippen molar-refractivity contribution in [3.63, 3.8) is 0 Å². The van der Waals surface area contributed by atoms with Crippen LogP contribution in [0.3, 0.4) is 0 Å². The van der Waals surface area contributed by atoms with Crippen LogP contribution >= 0.6 is 0 Å². The Balaban J connectivity index is 2.90. The van der Waals surface area contributed by atoms with Gasteiger partial charge in [0.2, 0.25) is 5.91 Å². The SMILES string of the molecule is CC(COc1c(F)cc(C(=O)O)cc1F)C(N)=O. The van der Waals surface area contributed by atoms with Gasteiger partial charge in [0.05, 0.1) is 18.1 Å². The van der Waals surface area contributed by atoms with Gasteiger partial charge in [-0.2, -0.15) is 0 Å². The van der Waals surface area contributed by atoms with Crippen LogP contribution in [0.5, 0.6) is 5.75 Å². The topological polar surface area (TPSA) is 89.6 Å². The molecule has 0 spiro atoms. The van der Waals surface area contributed by atoms with Gasteiger partial charge in [0.25, 0.3) is 0 Å². The Morgan fingerprint density at radius 2 is 1.89 bits per heavy atom. The van der Waals surface area contributed by atoms with Crippen LogP contribution in [0.1, 0.15) is 17.3 Å². The second kappa shape index (κ2) is 5.44. The standard InChI is InChI=1S/C11H11F2NO4/c1-5(10(14)15)4-18-9-7(12)2-6(11(16)17)3-8(9)13/h2-3,5H,4H2,1H3,(H2,14,15)(H,16,17). The van der Waals surface area contributed by atoms with Crippen molar-refractivity contribution in [3.8, 4) is 5.75 Å². The molecule has 0 aromatic heterocycles. The molecule has 0 aliphatic carbocycles. The first-order chi connectivity index (χ1) is 8.32. The van der Waals surface area contributed by atoms with E-state index in [0.717, 1.165) is 0 Å². The van der Waals surface area contributed by atoms with Gasteiger partial charge in [-0.3, -0.25) is 4.79 Å². The molecule has 0 radical (unpaired) electrons. The molecule has 0 aliphatic heterocycles. The number of amides is 1. The fourth-order valence-corrected chi connectivity index (χ4v) is 1.11. The van der Waals surface area contributed by atoms with Gasteiger partial charge in [-0.15, -0.1) is 0 Å². The number of ether oxygens (including phenoxy) is 1. The van der Waals surface area contributed by atoms with E-state index < -0.39 is 40.7 Å². The number of primary amides is 1. The minimum absolute atomic E-state index is 0.296. The van der Waals surface area contributed by atoms with Crippen molar-refractivity contribution < 1.29 is 28.2 Å². The number of aromatic carboxylic acids is 1. The molecule has 0 aliphatic rings. The normalized spacial score (nSPS) is 11.9. The molecule has 0 saturated carbocycles. The fraction of sp³-hybridized carbons (Fsp3) is 0.273. The monoisotopic (exact) mass is 259 g/mol. The van der Waals surface area contributed by atoms with E-state index in [1.165, 1.54) is 6.92 Å². The number of rotatable bonds is 5. The number of hydrogen-bond donors (Lipinski definition) is 2. The molecule has 0 heterocycles. The fourth-order valence-electron chi connectivity index (χ4n) is 1.11. The van der Waals surface area contributed by atoms with E-state index in [2.05, 4.69) is 0 Å². The lowest BCUT2D eigenvalue weighted by atomic mass is 10.2. The highest BCUT2D eigenvalue weighted by Crippen LogP contribution is 2.23. The minimum Gasteiger partial charge on any atom is -0.487 e. The van der Waals surface area contributed by atoms with Crippen LogP contribution in [0.15, 0.2) is 12.1 Å². The summed E-state index contributed by atoms with van der Waals surface area (Å²) in [7, 11) is 0. The van der Waals surface area contributed by atoms with Crippen LogP contribution in [0.2, 0.25) is 0 Å². The first-order valence-electron chi connectivity index (χ1n) is 4.97. The average Bonchev–Trinajstić information content (AvgIpc) is 2.26. The van der Waals surface area contributed by atoms with Gasteiger partial charge in [0.15, 0.2) is 17.4 Å². The number of halogens is 2. The summed E-state index contributed by atoms with van der Waals surface area (Å²) in [5.41, 5.74) is 4.43. The summed E-state index contributed by atoms with van der Waals surface area (Å²) in [5, 5.41) is 8.58. The highest BCUT2D eigenvalue weighted by molar-refractivity contribution is 5.87. The second-order valence-corrected chi connectivity index (χ2v) is 3.69. The molecule has 5 nitrogen and oxygen atoms in total. The summed E-state index contributed by atoms with van der Waals surface area (Å²) < 4.78 is 31.5. The summed E-state index contributed by atoms with van der Waals surface area (Å²) in [6.07, 6.45) is 0. The Bertz CT molecular complexity index is 467. The van der Waals surface area contributed by atoms with E-state index in [0.29, 0.717) is 12.1 Å². The third-order valence-corrected chi connectivity index (χ3v) is 2.21. The minimum atomic E-state index is -1.45. The Kier molecular flexibility index (Phi) is 4.19. The molecule has 1 unspecified atom stereocenters. The van der Waals surface area contributed by atoms with Crippen molar-refractivity contribution in [2.75, 3.05) is 6.61 Å². The Hall–Kier alpha value is -2.18. The number of carbonyl (C=O) groups is 2. The van der Waals surface area contributed by atoms with Crippen LogP contribution in [0.25, 0.3) is 0 Å². The molecule has 0 bridgehead atoms. The first-order valence-corrected chi connectivity index (χ1v) is 4.97. The number of hydrogen-bond acceptors (Lipinski definition) is 3. The zero-order valence-electron chi connectivity index (χ0n) is 9.44. The van der Waals surface area contributed by atoms with Crippen LogP contribution in [-0.4, -0.2) is 23.6 Å². The van der Waals surface area contributed by atoms with Gasteiger partial charge in [0, 0.05) is 0 Å². The molecule has 1 atom stereocenters. The van der Waals surface area contributed by atoms with E-state index in [9.17, 15) is 18.4 Å².